The van der Waals surface area contributed by atoms with Crippen molar-refractivity contribution in [3.63, 3.8) is 0 Å². The van der Waals surface area contributed by atoms with E-state index < -0.39 is 0 Å². The Kier molecular flexibility index (Phi) is 5.13. The number of benzene rings is 2. The summed E-state index contributed by atoms with van der Waals surface area (Å²) in [6.07, 6.45) is 0. The first-order chi connectivity index (χ1) is 10.2. The number of nitrogens with one attached hydrogen (secondary N) is 1. The monoisotopic (exact) mass is 427 g/mol. The molecule has 21 heavy (non-hydrogen) atoms. The highest BCUT2D eigenvalue weighted by atomic mass is 127. The van der Waals surface area contributed by atoms with Crippen molar-refractivity contribution in [1.29, 1.82) is 0 Å². The van der Waals surface area contributed by atoms with Crippen molar-refractivity contribution < 1.29 is 4.79 Å². The summed E-state index contributed by atoms with van der Waals surface area (Å²) >= 11 is 6.20. The Labute approximate surface area is 146 Å². The average Bonchev–Trinajstić information content (AvgIpc) is 3.04. The van der Waals surface area contributed by atoms with E-state index in [1.165, 1.54) is 17.1 Å². The predicted molar refractivity (Wildman–Crippen MR) is 101 cm³/mol. The van der Waals surface area contributed by atoms with E-state index in [2.05, 4.69) is 40.0 Å². The molecule has 0 aliphatic carbocycles. The molecule has 108 valence electrons. The average molecular weight is 427 g/mol. The van der Waals surface area contributed by atoms with Gasteiger partial charge in [0.15, 0.2) is 0 Å². The number of carbonyl (C=O) groups is 1. The molecule has 1 heterocycles. The fraction of sp³-hybridized carbons (Fsp3) is 0.188. The first-order valence-corrected chi connectivity index (χ1v) is 9.80. The van der Waals surface area contributed by atoms with E-state index in [9.17, 15) is 4.79 Å². The van der Waals surface area contributed by atoms with Crippen LogP contribution in [-0.4, -0.2) is 17.4 Å². The summed E-state index contributed by atoms with van der Waals surface area (Å²) in [5.74, 6) is 2.36. The Morgan fingerprint density at radius 2 is 1.62 bits per heavy atom. The first-order valence-electron chi connectivity index (χ1n) is 6.62. The lowest BCUT2D eigenvalue weighted by Crippen LogP contribution is -2.11. The summed E-state index contributed by atoms with van der Waals surface area (Å²) < 4.78 is 1.68. The van der Waals surface area contributed by atoms with Crippen molar-refractivity contribution >= 4 is 57.7 Å². The minimum atomic E-state index is -0.0607. The molecule has 1 aliphatic rings. The lowest BCUT2D eigenvalue weighted by Gasteiger charge is -2.09. The van der Waals surface area contributed by atoms with E-state index in [0.29, 0.717) is 10.1 Å². The maximum absolute atomic E-state index is 12.2. The zero-order valence-electron chi connectivity index (χ0n) is 11.2. The van der Waals surface area contributed by atoms with Gasteiger partial charge in [0.25, 0.3) is 5.91 Å². The van der Waals surface area contributed by atoms with Crippen LogP contribution >= 0.6 is 46.1 Å². The van der Waals surface area contributed by atoms with Crippen LogP contribution < -0.4 is 5.32 Å². The van der Waals surface area contributed by atoms with Crippen LogP contribution in [0.3, 0.4) is 0 Å². The number of hydrogen-bond acceptors (Lipinski definition) is 3. The van der Waals surface area contributed by atoms with Crippen LogP contribution in [0.15, 0.2) is 48.5 Å². The molecule has 0 aromatic heterocycles. The molecule has 5 heteroatoms. The zero-order chi connectivity index (χ0) is 14.7. The predicted octanol–water partition coefficient (Wildman–Crippen LogP) is 5.02. The molecule has 1 N–H and O–H groups in total. The molecule has 1 amide bonds. The van der Waals surface area contributed by atoms with Crippen LogP contribution in [0.4, 0.5) is 5.69 Å². The lowest BCUT2D eigenvalue weighted by molar-refractivity contribution is 0.102. The van der Waals surface area contributed by atoms with Crippen LogP contribution in [0.25, 0.3) is 0 Å². The molecular formula is C16H14INOS2. The number of halogens is 1. The molecule has 1 saturated heterocycles. The molecule has 1 aliphatic heterocycles. The molecule has 2 nitrogen and oxygen atoms in total. The van der Waals surface area contributed by atoms with Gasteiger partial charge in [-0.15, -0.1) is 23.5 Å². The van der Waals surface area contributed by atoms with Crippen LogP contribution in [0.1, 0.15) is 20.5 Å². The third-order valence-corrected chi connectivity index (χ3v) is 6.99. The standard InChI is InChI=1S/C16H14INOS2/c17-13-5-7-14(8-6-13)18-15(19)11-1-3-12(4-2-11)16-20-9-10-21-16/h1-8,16H,9-10H2,(H,18,19). The Hall–Kier alpha value is -0.660. The quantitative estimate of drug-likeness (QED) is 0.698. The number of anilines is 1. The molecule has 0 radical (unpaired) electrons. The van der Waals surface area contributed by atoms with E-state index in [0.717, 1.165) is 9.26 Å². The van der Waals surface area contributed by atoms with Crippen molar-refractivity contribution in [3.8, 4) is 0 Å². The van der Waals surface area contributed by atoms with E-state index in [1.807, 2.05) is 59.9 Å². The normalized spacial score (nSPS) is 15.1. The fourth-order valence-corrected chi connectivity index (χ4v) is 5.30. The van der Waals surface area contributed by atoms with Crippen molar-refractivity contribution in [2.45, 2.75) is 4.58 Å². The first kappa shape index (κ1) is 15.2. The van der Waals surface area contributed by atoms with E-state index in [4.69, 9.17) is 0 Å². The molecular weight excluding hydrogens is 413 g/mol. The second-order valence-corrected chi connectivity index (χ2v) is 8.63. The highest BCUT2D eigenvalue weighted by Gasteiger charge is 2.18. The van der Waals surface area contributed by atoms with Gasteiger partial charge in [-0.2, -0.15) is 0 Å². The summed E-state index contributed by atoms with van der Waals surface area (Å²) in [6.45, 7) is 0. The Balaban J connectivity index is 1.68. The van der Waals surface area contributed by atoms with Gasteiger partial charge in [0.1, 0.15) is 0 Å². The van der Waals surface area contributed by atoms with E-state index in [1.54, 1.807) is 0 Å². The molecule has 2 aromatic carbocycles. The molecule has 1 fully saturated rings. The van der Waals surface area contributed by atoms with Crippen LogP contribution in [0.5, 0.6) is 0 Å². The number of rotatable bonds is 3. The molecule has 0 spiro atoms. The van der Waals surface area contributed by atoms with Crippen LogP contribution in [-0.2, 0) is 0 Å². The molecule has 0 atom stereocenters. The maximum Gasteiger partial charge on any atom is 0.255 e. The smallest absolute Gasteiger partial charge is 0.255 e. The topological polar surface area (TPSA) is 29.1 Å². The second-order valence-electron chi connectivity index (χ2n) is 4.66. The van der Waals surface area contributed by atoms with Gasteiger partial charge in [-0.3, -0.25) is 4.79 Å². The van der Waals surface area contributed by atoms with Gasteiger partial charge in [0.05, 0.1) is 4.58 Å². The van der Waals surface area contributed by atoms with Gasteiger partial charge in [-0.25, -0.2) is 0 Å². The van der Waals surface area contributed by atoms with Crippen molar-refractivity contribution in [1.82, 2.24) is 0 Å². The van der Waals surface area contributed by atoms with Gasteiger partial charge in [0, 0.05) is 26.3 Å². The molecule has 0 bridgehead atoms. The highest BCUT2D eigenvalue weighted by Crippen LogP contribution is 2.45. The van der Waals surface area contributed by atoms with E-state index in [-0.39, 0.29) is 5.91 Å². The summed E-state index contributed by atoms with van der Waals surface area (Å²) in [5, 5.41) is 2.92. The zero-order valence-corrected chi connectivity index (χ0v) is 15.0. The minimum absolute atomic E-state index is 0.0607. The van der Waals surface area contributed by atoms with Crippen molar-refractivity contribution in [2.24, 2.45) is 0 Å². The number of hydrogen-bond donors (Lipinski definition) is 1. The van der Waals surface area contributed by atoms with E-state index >= 15 is 0 Å². The molecule has 0 unspecified atom stereocenters. The minimum Gasteiger partial charge on any atom is -0.322 e. The summed E-state index contributed by atoms with van der Waals surface area (Å²) in [4.78, 5) is 12.2. The van der Waals surface area contributed by atoms with Gasteiger partial charge in [-0.05, 0) is 64.6 Å². The third-order valence-electron chi connectivity index (χ3n) is 3.17. The molecule has 0 saturated carbocycles. The fourth-order valence-electron chi connectivity index (χ4n) is 2.08. The van der Waals surface area contributed by atoms with Gasteiger partial charge < -0.3 is 5.32 Å². The Morgan fingerprint density at radius 1 is 1.00 bits per heavy atom. The van der Waals surface area contributed by atoms with Crippen molar-refractivity contribution in [2.75, 3.05) is 16.8 Å². The maximum atomic E-state index is 12.2. The van der Waals surface area contributed by atoms with Crippen LogP contribution in [0, 0.1) is 3.57 Å². The van der Waals surface area contributed by atoms with Gasteiger partial charge in [-0.1, -0.05) is 12.1 Å². The SMILES string of the molecule is O=C(Nc1ccc(I)cc1)c1ccc(C2SCCS2)cc1. The molecule has 3 rings (SSSR count). The Morgan fingerprint density at radius 3 is 2.24 bits per heavy atom. The van der Waals surface area contributed by atoms with Gasteiger partial charge >= 0.3 is 0 Å². The summed E-state index contributed by atoms with van der Waals surface area (Å²) in [7, 11) is 0. The molecule has 2 aromatic rings. The summed E-state index contributed by atoms with van der Waals surface area (Å²) in [5.41, 5.74) is 2.82. The highest BCUT2D eigenvalue weighted by molar-refractivity contribution is 14.1. The summed E-state index contributed by atoms with van der Waals surface area (Å²) in [6, 6.07) is 15.8. The lowest BCUT2D eigenvalue weighted by atomic mass is 10.1. The number of carbonyl (C=O) groups excluding carboxylic acids is 1. The van der Waals surface area contributed by atoms with Gasteiger partial charge in [0.2, 0.25) is 0 Å². The number of amides is 1. The van der Waals surface area contributed by atoms with Crippen LogP contribution in [0.2, 0.25) is 0 Å². The largest absolute Gasteiger partial charge is 0.322 e. The van der Waals surface area contributed by atoms with Crippen molar-refractivity contribution in [3.05, 3.63) is 63.2 Å². The second kappa shape index (κ2) is 7.07. The third kappa shape index (κ3) is 3.96. The number of thioether (sulfide) groups is 2. The Bertz CT molecular complexity index is 622.